The smallest absolute Gasteiger partial charge is 0.317 e. The molecule has 3 rings (SSSR count). The summed E-state index contributed by atoms with van der Waals surface area (Å²) in [7, 11) is 0. The second kappa shape index (κ2) is 4.82. The lowest BCUT2D eigenvalue weighted by Gasteiger charge is -2.37. The van der Waals surface area contributed by atoms with Gasteiger partial charge in [0.1, 0.15) is 17.3 Å². The molecular formula is C11H14ClN5O2. The maximum atomic E-state index is 11.5. The first-order valence-electron chi connectivity index (χ1n) is 6.10. The highest BCUT2D eigenvalue weighted by atomic mass is 35.5. The molecule has 0 aliphatic carbocycles. The van der Waals surface area contributed by atoms with Gasteiger partial charge in [-0.1, -0.05) is 11.6 Å². The fourth-order valence-corrected chi connectivity index (χ4v) is 2.78. The van der Waals surface area contributed by atoms with E-state index in [1.807, 2.05) is 9.80 Å². The van der Waals surface area contributed by atoms with E-state index >= 15 is 0 Å². The number of urea groups is 1. The number of hydrogen-bond donors (Lipinski definition) is 2. The molecule has 0 spiro atoms. The van der Waals surface area contributed by atoms with E-state index in [1.165, 1.54) is 6.33 Å². The van der Waals surface area contributed by atoms with Crippen molar-refractivity contribution in [1.82, 2.24) is 20.2 Å². The van der Waals surface area contributed by atoms with E-state index in [9.17, 15) is 9.90 Å². The van der Waals surface area contributed by atoms with Crippen LogP contribution in [0.5, 0.6) is 0 Å². The lowest BCUT2D eigenvalue weighted by atomic mass is 10.2. The van der Waals surface area contributed by atoms with Crippen LogP contribution in [0.3, 0.4) is 0 Å². The van der Waals surface area contributed by atoms with Crippen molar-refractivity contribution in [3.05, 3.63) is 17.0 Å². The Morgan fingerprint density at radius 1 is 1.47 bits per heavy atom. The molecule has 3 heterocycles. The van der Waals surface area contributed by atoms with Gasteiger partial charge in [0.2, 0.25) is 0 Å². The lowest BCUT2D eigenvalue weighted by Crippen LogP contribution is -2.52. The first kappa shape index (κ1) is 12.4. The monoisotopic (exact) mass is 283 g/mol. The molecule has 0 radical (unpaired) electrons. The second-order valence-corrected chi connectivity index (χ2v) is 4.96. The fourth-order valence-electron chi connectivity index (χ4n) is 2.59. The van der Waals surface area contributed by atoms with E-state index in [0.29, 0.717) is 37.6 Å². The molecule has 7 nitrogen and oxygen atoms in total. The van der Waals surface area contributed by atoms with E-state index in [-0.39, 0.29) is 23.8 Å². The van der Waals surface area contributed by atoms with Crippen LogP contribution in [0.4, 0.5) is 10.6 Å². The largest absolute Gasteiger partial charge is 0.391 e. The Bertz CT molecular complexity index is 512. The summed E-state index contributed by atoms with van der Waals surface area (Å²) in [6, 6.07) is 0.134. The summed E-state index contributed by atoms with van der Waals surface area (Å²) in [6.07, 6.45) is 1.39. The van der Waals surface area contributed by atoms with E-state index in [2.05, 4.69) is 15.3 Å². The van der Waals surface area contributed by atoms with Gasteiger partial charge >= 0.3 is 6.03 Å². The van der Waals surface area contributed by atoms with Crippen molar-refractivity contribution < 1.29 is 9.90 Å². The average molecular weight is 284 g/mol. The summed E-state index contributed by atoms with van der Waals surface area (Å²) in [5, 5.41) is 12.5. The van der Waals surface area contributed by atoms with Crippen LogP contribution in [-0.4, -0.2) is 58.2 Å². The molecule has 19 heavy (non-hydrogen) atoms. The minimum Gasteiger partial charge on any atom is -0.391 e. The predicted octanol–water partition coefficient (Wildman–Crippen LogP) is -0.164. The zero-order chi connectivity index (χ0) is 13.4. The molecule has 1 aromatic rings. The summed E-state index contributed by atoms with van der Waals surface area (Å²) in [5.41, 5.74) is 0.537. The number of fused-ring (bicyclic) bond motifs is 1. The molecular weight excluding hydrogens is 270 g/mol. The van der Waals surface area contributed by atoms with Crippen molar-refractivity contribution >= 4 is 23.4 Å². The first-order valence-corrected chi connectivity index (χ1v) is 6.48. The molecule has 2 fully saturated rings. The Kier molecular flexibility index (Phi) is 3.16. The van der Waals surface area contributed by atoms with Gasteiger partial charge in [0.05, 0.1) is 18.2 Å². The quantitative estimate of drug-likeness (QED) is 0.737. The highest BCUT2D eigenvalue weighted by molar-refractivity contribution is 6.30. The molecule has 2 amide bonds. The number of aromatic nitrogens is 2. The third kappa shape index (κ3) is 2.08. The molecule has 0 saturated carbocycles. The van der Waals surface area contributed by atoms with Crippen LogP contribution in [0.1, 0.15) is 5.56 Å². The minimum atomic E-state index is -0.197. The van der Waals surface area contributed by atoms with Crippen LogP contribution in [0.2, 0.25) is 5.15 Å². The van der Waals surface area contributed by atoms with Crippen molar-refractivity contribution in [3.63, 3.8) is 0 Å². The van der Waals surface area contributed by atoms with Gasteiger partial charge in [-0.05, 0) is 0 Å². The molecule has 1 aromatic heterocycles. The SMILES string of the molecule is O=C1NCC2CN(c3ncnc(Cl)c3CO)CCN12. The summed E-state index contributed by atoms with van der Waals surface area (Å²) in [5.74, 6) is 0.654. The Morgan fingerprint density at radius 2 is 2.32 bits per heavy atom. The number of nitrogens with zero attached hydrogens (tertiary/aromatic N) is 4. The van der Waals surface area contributed by atoms with Gasteiger partial charge in [-0.2, -0.15) is 0 Å². The number of piperazine rings is 1. The standard InChI is InChI=1S/C11H14ClN5O2/c12-9-8(5-18)10(15-6-14-9)16-1-2-17-7(4-16)3-13-11(17)19/h6-7,18H,1-5H2,(H,13,19). The molecule has 1 atom stereocenters. The zero-order valence-corrected chi connectivity index (χ0v) is 11.0. The van der Waals surface area contributed by atoms with Gasteiger partial charge in [-0.25, -0.2) is 14.8 Å². The van der Waals surface area contributed by atoms with Gasteiger partial charge in [0.15, 0.2) is 0 Å². The number of carbonyl (C=O) groups is 1. The maximum absolute atomic E-state index is 11.5. The van der Waals surface area contributed by atoms with Crippen LogP contribution in [0, 0.1) is 0 Å². The molecule has 2 aliphatic heterocycles. The van der Waals surface area contributed by atoms with Crippen LogP contribution < -0.4 is 10.2 Å². The van der Waals surface area contributed by atoms with Crippen LogP contribution in [0.25, 0.3) is 0 Å². The van der Waals surface area contributed by atoms with E-state index < -0.39 is 0 Å². The number of anilines is 1. The normalized spacial score (nSPS) is 22.4. The number of rotatable bonds is 2. The van der Waals surface area contributed by atoms with Gasteiger partial charge in [-0.15, -0.1) is 0 Å². The Labute approximate surface area is 115 Å². The van der Waals surface area contributed by atoms with E-state index in [4.69, 9.17) is 11.6 Å². The van der Waals surface area contributed by atoms with Gasteiger partial charge in [0.25, 0.3) is 0 Å². The second-order valence-electron chi connectivity index (χ2n) is 4.60. The lowest BCUT2D eigenvalue weighted by molar-refractivity contribution is 0.197. The number of amides is 2. The highest BCUT2D eigenvalue weighted by Gasteiger charge is 2.36. The molecule has 2 saturated heterocycles. The molecule has 0 bridgehead atoms. The Morgan fingerprint density at radius 3 is 3.11 bits per heavy atom. The van der Waals surface area contributed by atoms with Crippen molar-refractivity contribution in [3.8, 4) is 0 Å². The van der Waals surface area contributed by atoms with Crippen LogP contribution >= 0.6 is 11.6 Å². The van der Waals surface area contributed by atoms with Crippen molar-refractivity contribution in [1.29, 1.82) is 0 Å². The number of hydrogen-bond acceptors (Lipinski definition) is 5. The number of carbonyl (C=O) groups excluding carboxylic acids is 1. The van der Waals surface area contributed by atoms with Gasteiger partial charge in [0, 0.05) is 26.2 Å². The number of aliphatic hydroxyl groups excluding tert-OH is 1. The number of halogens is 1. The highest BCUT2D eigenvalue weighted by Crippen LogP contribution is 2.26. The van der Waals surface area contributed by atoms with E-state index in [0.717, 1.165) is 0 Å². The molecule has 0 aromatic carbocycles. The van der Waals surface area contributed by atoms with Crippen LogP contribution in [0.15, 0.2) is 6.33 Å². The molecule has 102 valence electrons. The zero-order valence-electron chi connectivity index (χ0n) is 10.2. The molecule has 1 unspecified atom stereocenters. The third-order valence-corrected chi connectivity index (χ3v) is 3.89. The minimum absolute atomic E-state index is 0.00671. The van der Waals surface area contributed by atoms with Crippen molar-refractivity contribution in [2.24, 2.45) is 0 Å². The Hall–Kier alpha value is -1.60. The first-order chi connectivity index (χ1) is 9.20. The molecule has 8 heteroatoms. The van der Waals surface area contributed by atoms with Crippen molar-refractivity contribution in [2.45, 2.75) is 12.6 Å². The maximum Gasteiger partial charge on any atom is 0.317 e. The van der Waals surface area contributed by atoms with Gasteiger partial charge < -0.3 is 20.2 Å². The summed E-state index contributed by atoms with van der Waals surface area (Å²) in [6.45, 7) is 2.44. The average Bonchev–Trinajstić information content (AvgIpc) is 2.79. The van der Waals surface area contributed by atoms with Gasteiger partial charge in [-0.3, -0.25) is 0 Å². The Balaban J connectivity index is 1.84. The topological polar surface area (TPSA) is 81.6 Å². The number of aliphatic hydroxyl groups is 1. The van der Waals surface area contributed by atoms with Crippen LogP contribution in [-0.2, 0) is 6.61 Å². The molecule has 2 N–H and O–H groups in total. The summed E-state index contributed by atoms with van der Waals surface area (Å²) >= 11 is 5.97. The third-order valence-electron chi connectivity index (χ3n) is 3.56. The number of nitrogens with one attached hydrogen (secondary N) is 1. The summed E-state index contributed by atoms with van der Waals surface area (Å²) in [4.78, 5) is 23.5. The van der Waals surface area contributed by atoms with Crippen molar-refractivity contribution in [2.75, 3.05) is 31.1 Å². The predicted molar refractivity (Wildman–Crippen MR) is 69.1 cm³/mol. The summed E-state index contributed by atoms with van der Waals surface area (Å²) < 4.78 is 0. The fraction of sp³-hybridized carbons (Fsp3) is 0.545. The van der Waals surface area contributed by atoms with E-state index in [1.54, 1.807) is 0 Å². The molecule has 2 aliphatic rings.